The third kappa shape index (κ3) is 1.32. The van der Waals surface area contributed by atoms with Crippen LogP contribution in [0.1, 0.15) is 0 Å². The van der Waals surface area contributed by atoms with E-state index in [0.29, 0.717) is 5.75 Å². The van der Waals surface area contributed by atoms with Crippen LogP contribution in [-0.2, 0) is 9.84 Å². The lowest BCUT2D eigenvalue weighted by Crippen LogP contribution is -2.12. The summed E-state index contributed by atoms with van der Waals surface area (Å²) in [5.41, 5.74) is 5.92. The van der Waals surface area contributed by atoms with Crippen LogP contribution in [0, 0.1) is 0 Å². The maximum absolute atomic E-state index is 12.4. The van der Waals surface area contributed by atoms with Gasteiger partial charge in [0.1, 0.15) is 21.3 Å². The molecule has 0 unspecified atom stereocenters. The molecule has 0 radical (unpaired) electrons. The van der Waals surface area contributed by atoms with Gasteiger partial charge in [0, 0.05) is 0 Å². The molecule has 0 saturated carbocycles. The zero-order chi connectivity index (χ0) is 12.0. The number of sulfone groups is 1. The Morgan fingerprint density at radius 3 is 2.47 bits per heavy atom. The molecule has 0 amide bonds. The Morgan fingerprint density at radius 2 is 1.65 bits per heavy atom. The van der Waals surface area contributed by atoms with Crippen molar-refractivity contribution in [1.82, 2.24) is 0 Å². The van der Waals surface area contributed by atoms with E-state index in [9.17, 15) is 8.42 Å². The molecule has 0 fully saturated rings. The van der Waals surface area contributed by atoms with Crippen molar-refractivity contribution in [2.75, 3.05) is 5.73 Å². The van der Waals surface area contributed by atoms with Gasteiger partial charge in [-0.15, -0.1) is 0 Å². The van der Waals surface area contributed by atoms with E-state index in [1.165, 1.54) is 6.07 Å². The monoisotopic (exact) mass is 247 g/mol. The molecule has 1 aliphatic heterocycles. The smallest absolute Gasteiger partial charge is 0.216 e. The van der Waals surface area contributed by atoms with E-state index in [0.717, 1.165) is 0 Å². The van der Waals surface area contributed by atoms with Crippen LogP contribution in [0.5, 0.6) is 11.5 Å². The van der Waals surface area contributed by atoms with Gasteiger partial charge in [0.05, 0.1) is 5.69 Å². The Kier molecular flexibility index (Phi) is 1.94. The summed E-state index contributed by atoms with van der Waals surface area (Å²) in [5, 5.41) is 0. The minimum absolute atomic E-state index is 0.0544. The number of hydrogen-bond acceptors (Lipinski definition) is 4. The first-order chi connectivity index (χ1) is 8.10. The number of para-hydroxylation sites is 1. The SMILES string of the molecule is Nc1cccc2c1S(=O)(=O)c1ccccc1O2. The molecule has 5 heteroatoms. The molecule has 2 N–H and O–H groups in total. The van der Waals surface area contributed by atoms with Crippen molar-refractivity contribution in [3.8, 4) is 11.5 Å². The first kappa shape index (κ1) is 10.2. The van der Waals surface area contributed by atoms with Crippen molar-refractivity contribution in [3.05, 3.63) is 42.5 Å². The van der Waals surface area contributed by atoms with Gasteiger partial charge in [0.2, 0.25) is 9.84 Å². The standard InChI is InChI=1S/C12H9NO3S/c13-8-4-3-6-10-12(8)17(14,15)11-7-2-1-5-9(11)16-10/h1-7H,13H2. The van der Waals surface area contributed by atoms with Crippen molar-refractivity contribution in [2.24, 2.45) is 0 Å². The third-order valence-corrected chi connectivity index (χ3v) is 4.53. The predicted molar refractivity (Wildman–Crippen MR) is 62.8 cm³/mol. The fraction of sp³-hybridized carbons (Fsp3) is 0. The molecule has 2 aromatic rings. The average molecular weight is 247 g/mol. The van der Waals surface area contributed by atoms with Gasteiger partial charge in [-0.1, -0.05) is 18.2 Å². The van der Waals surface area contributed by atoms with Crippen LogP contribution < -0.4 is 10.5 Å². The van der Waals surface area contributed by atoms with E-state index in [1.54, 1.807) is 36.4 Å². The van der Waals surface area contributed by atoms with Gasteiger partial charge in [-0.2, -0.15) is 0 Å². The normalized spacial score (nSPS) is 15.5. The Hall–Kier alpha value is -2.01. The lowest BCUT2D eigenvalue weighted by Gasteiger charge is -2.20. The van der Waals surface area contributed by atoms with Crippen LogP contribution in [0.3, 0.4) is 0 Å². The highest BCUT2D eigenvalue weighted by Crippen LogP contribution is 2.44. The number of anilines is 1. The molecule has 0 atom stereocenters. The highest BCUT2D eigenvalue weighted by Gasteiger charge is 2.32. The van der Waals surface area contributed by atoms with Gasteiger partial charge >= 0.3 is 0 Å². The van der Waals surface area contributed by atoms with Crippen LogP contribution >= 0.6 is 0 Å². The molecular formula is C12H9NO3S. The summed E-state index contributed by atoms with van der Waals surface area (Å²) in [6.07, 6.45) is 0. The Labute approximate surface area is 98.6 Å². The molecule has 0 spiro atoms. The van der Waals surface area contributed by atoms with E-state index in [-0.39, 0.29) is 21.2 Å². The first-order valence-electron chi connectivity index (χ1n) is 5.01. The number of hydrogen-bond donors (Lipinski definition) is 1. The molecule has 0 bridgehead atoms. The van der Waals surface area contributed by atoms with Crippen LogP contribution in [0.2, 0.25) is 0 Å². The van der Waals surface area contributed by atoms with E-state index in [2.05, 4.69) is 0 Å². The van der Waals surface area contributed by atoms with Crippen LogP contribution in [0.25, 0.3) is 0 Å². The van der Waals surface area contributed by atoms with Crippen molar-refractivity contribution < 1.29 is 13.2 Å². The topological polar surface area (TPSA) is 69.4 Å². The number of nitrogen functional groups attached to an aromatic ring is 1. The van der Waals surface area contributed by atoms with Gasteiger partial charge in [-0.05, 0) is 24.3 Å². The van der Waals surface area contributed by atoms with Gasteiger partial charge in [0.25, 0.3) is 0 Å². The molecule has 1 heterocycles. The van der Waals surface area contributed by atoms with Crippen molar-refractivity contribution >= 4 is 15.5 Å². The fourth-order valence-electron chi connectivity index (χ4n) is 1.89. The van der Waals surface area contributed by atoms with Gasteiger partial charge in [-0.25, -0.2) is 8.42 Å². The molecule has 0 aliphatic carbocycles. The first-order valence-corrected chi connectivity index (χ1v) is 6.49. The maximum Gasteiger partial charge on any atom is 0.216 e. The van der Waals surface area contributed by atoms with Gasteiger partial charge < -0.3 is 10.5 Å². The van der Waals surface area contributed by atoms with Crippen molar-refractivity contribution in [3.63, 3.8) is 0 Å². The van der Waals surface area contributed by atoms with Gasteiger partial charge in [0.15, 0.2) is 0 Å². The minimum atomic E-state index is -3.58. The molecule has 0 aromatic heterocycles. The third-order valence-electron chi connectivity index (χ3n) is 2.64. The largest absolute Gasteiger partial charge is 0.455 e. The quantitative estimate of drug-likeness (QED) is 0.618. The molecule has 86 valence electrons. The highest BCUT2D eigenvalue weighted by molar-refractivity contribution is 7.92. The second-order valence-electron chi connectivity index (χ2n) is 3.73. The molecule has 0 saturated heterocycles. The lowest BCUT2D eigenvalue weighted by atomic mass is 10.3. The number of nitrogens with two attached hydrogens (primary N) is 1. The second kappa shape index (κ2) is 3.24. The Balaban J connectivity index is 2.40. The molecule has 17 heavy (non-hydrogen) atoms. The van der Waals surface area contributed by atoms with E-state index >= 15 is 0 Å². The zero-order valence-electron chi connectivity index (χ0n) is 8.75. The van der Waals surface area contributed by atoms with E-state index < -0.39 is 9.84 Å². The Morgan fingerprint density at radius 1 is 0.941 bits per heavy atom. The van der Waals surface area contributed by atoms with Crippen molar-refractivity contribution in [1.29, 1.82) is 0 Å². The summed E-state index contributed by atoms with van der Waals surface area (Å²) in [6, 6.07) is 11.3. The number of fused-ring (bicyclic) bond motifs is 2. The van der Waals surface area contributed by atoms with Crippen LogP contribution in [0.4, 0.5) is 5.69 Å². The summed E-state index contributed by atoms with van der Waals surface area (Å²) >= 11 is 0. The molecule has 2 aromatic carbocycles. The van der Waals surface area contributed by atoms with Gasteiger partial charge in [-0.3, -0.25) is 0 Å². The Bertz CT molecular complexity index is 707. The molecule has 4 nitrogen and oxygen atoms in total. The van der Waals surface area contributed by atoms with Crippen LogP contribution in [0.15, 0.2) is 52.3 Å². The van der Waals surface area contributed by atoms with E-state index in [4.69, 9.17) is 10.5 Å². The summed E-state index contributed by atoms with van der Waals surface area (Å²) in [6.45, 7) is 0. The van der Waals surface area contributed by atoms with Crippen molar-refractivity contribution in [2.45, 2.75) is 9.79 Å². The summed E-state index contributed by atoms with van der Waals surface area (Å²) in [4.78, 5) is 0.212. The number of benzene rings is 2. The zero-order valence-corrected chi connectivity index (χ0v) is 9.57. The van der Waals surface area contributed by atoms with Crippen LogP contribution in [-0.4, -0.2) is 8.42 Å². The minimum Gasteiger partial charge on any atom is -0.455 e. The highest BCUT2D eigenvalue weighted by atomic mass is 32.2. The summed E-state index contributed by atoms with van der Waals surface area (Å²) in [5.74, 6) is 0.620. The number of ether oxygens (including phenoxy) is 1. The predicted octanol–water partition coefficient (Wildman–Crippen LogP) is 2.21. The number of rotatable bonds is 0. The molecule has 1 aliphatic rings. The molecular weight excluding hydrogens is 238 g/mol. The lowest BCUT2D eigenvalue weighted by molar-refractivity contribution is 0.444. The fourth-order valence-corrected chi connectivity index (χ4v) is 3.49. The average Bonchev–Trinajstić information content (AvgIpc) is 2.28. The summed E-state index contributed by atoms with van der Waals surface area (Å²) < 4.78 is 30.2. The maximum atomic E-state index is 12.4. The second-order valence-corrected chi connectivity index (χ2v) is 5.58. The van der Waals surface area contributed by atoms with E-state index in [1.807, 2.05) is 0 Å². The molecule has 3 rings (SSSR count). The summed E-state index contributed by atoms with van der Waals surface area (Å²) in [7, 11) is -3.58.